The first-order valence-electron chi connectivity index (χ1n) is 16.3. The van der Waals surface area contributed by atoms with Gasteiger partial charge in [-0.1, -0.05) is 106 Å². The fourth-order valence-corrected chi connectivity index (χ4v) is 8.03. The van der Waals surface area contributed by atoms with Gasteiger partial charge in [-0.25, -0.2) is 0 Å². The molecule has 0 saturated heterocycles. The van der Waals surface area contributed by atoms with Crippen molar-refractivity contribution in [1.82, 2.24) is 9.13 Å². The molecule has 0 amide bonds. The summed E-state index contributed by atoms with van der Waals surface area (Å²) in [6.45, 7) is 12.7. The predicted molar refractivity (Wildman–Crippen MR) is 201 cm³/mol. The second-order valence-electron chi connectivity index (χ2n) is 13.1. The SMILES string of the molecule is C=C/C=C(\C=C)n1c2ccccc2c2cc(-c3ccc4c(c3)c3cc5c(cc3n4-c3ccccc3)C(C)(C)c3ccccc3-5)ccc21. The summed E-state index contributed by atoms with van der Waals surface area (Å²) in [5, 5.41) is 4.98. The summed E-state index contributed by atoms with van der Waals surface area (Å²) >= 11 is 0. The lowest BCUT2D eigenvalue weighted by Crippen LogP contribution is -2.14. The lowest BCUT2D eigenvalue weighted by atomic mass is 9.82. The molecule has 0 aliphatic heterocycles. The van der Waals surface area contributed by atoms with E-state index in [1.54, 1.807) is 0 Å². The van der Waals surface area contributed by atoms with Gasteiger partial charge in [-0.05, 0) is 100 Å². The Morgan fingerprint density at radius 1 is 0.553 bits per heavy atom. The summed E-state index contributed by atoms with van der Waals surface area (Å²) in [4.78, 5) is 0. The Hall–Kier alpha value is -5.86. The van der Waals surface area contributed by atoms with Crippen LogP contribution in [0.25, 0.3) is 77.2 Å². The number of hydrogen-bond acceptors (Lipinski definition) is 0. The van der Waals surface area contributed by atoms with Crippen LogP contribution in [-0.4, -0.2) is 9.13 Å². The summed E-state index contributed by atoms with van der Waals surface area (Å²) in [5.74, 6) is 0. The van der Waals surface area contributed by atoms with Gasteiger partial charge in [-0.15, -0.1) is 0 Å². The van der Waals surface area contributed by atoms with Gasteiger partial charge < -0.3 is 9.13 Å². The van der Waals surface area contributed by atoms with Crippen molar-refractivity contribution in [3.8, 4) is 27.9 Å². The van der Waals surface area contributed by atoms with E-state index in [1.807, 2.05) is 18.2 Å². The first-order chi connectivity index (χ1) is 23.0. The molecule has 0 fully saturated rings. The van der Waals surface area contributed by atoms with Crippen molar-refractivity contribution in [2.75, 3.05) is 0 Å². The van der Waals surface area contributed by atoms with E-state index >= 15 is 0 Å². The van der Waals surface area contributed by atoms with Gasteiger partial charge in [0.05, 0.1) is 22.1 Å². The highest BCUT2D eigenvalue weighted by Gasteiger charge is 2.36. The van der Waals surface area contributed by atoms with E-state index in [2.05, 4.69) is 164 Å². The van der Waals surface area contributed by atoms with Crippen LogP contribution in [0.1, 0.15) is 25.0 Å². The molecule has 0 bridgehead atoms. The molecule has 2 heterocycles. The maximum atomic E-state index is 4.10. The molecule has 2 nitrogen and oxygen atoms in total. The van der Waals surface area contributed by atoms with E-state index in [9.17, 15) is 0 Å². The minimum Gasteiger partial charge on any atom is -0.309 e. The average Bonchev–Trinajstić information content (AvgIpc) is 3.69. The fraction of sp³-hybridized carbons (Fsp3) is 0.0667. The summed E-state index contributed by atoms with van der Waals surface area (Å²) in [6, 6.07) is 47.0. The first kappa shape index (κ1) is 27.5. The van der Waals surface area contributed by atoms with E-state index < -0.39 is 0 Å². The average molecular weight is 603 g/mol. The van der Waals surface area contributed by atoms with Crippen LogP contribution in [0.3, 0.4) is 0 Å². The third-order valence-electron chi connectivity index (χ3n) is 10.2. The molecule has 0 radical (unpaired) electrons. The molecule has 6 aromatic carbocycles. The second-order valence-corrected chi connectivity index (χ2v) is 13.1. The fourth-order valence-electron chi connectivity index (χ4n) is 8.03. The van der Waals surface area contributed by atoms with Gasteiger partial charge >= 0.3 is 0 Å². The van der Waals surface area contributed by atoms with Gasteiger partial charge in [-0.3, -0.25) is 0 Å². The van der Waals surface area contributed by atoms with Crippen LogP contribution >= 0.6 is 0 Å². The lowest BCUT2D eigenvalue weighted by molar-refractivity contribution is 0.661. The minimum atomic E-state index is -0.0653. The van der Waals surface area contributed by atoms with Gasteiger partial charge in [0.15, 0.2) is 0 Å². The third-order valence-corrected chi connectivity index (χ3v) is 10.2. The Labute approximate surface area is 274 Å². The number of allylic oxidation sites excluding steroid dienone is 4. The molecular formula is C45H34N2. The van der Waals surface area contributed by atoms with E-state index in [0.29, 0.717) is 0 Å². The number of fused-ring (bicyclic) bond motifs is 9. The Morgan fingerprint density at radius 2 is 1.19 bits per heavy atom. The van der Waals surface area contributed by atoms with Gasteiger partial charge in [-0.2, -0.15) is 0 Å². The van der Waals surface area contributed by atoms with Gasteiger partial charge in [0.25, 0.3) is 0 Å². The molecule has 0 unspecified atom stereocenters. The van der Waals surface area contributed by atoms with Crippen molar-refractivity contribution in [2.45, 2.75) is 19.3 Å². The largest absolute Gasteiger partial charge is 0.309 e. The molecule has 0 atom stereocenters. The number of aromatic nitrogens is 2. The van der Waals surface area contributed by atoms with Crippen LogP contribution in [0.15, 0.2) is 159 Å². The highest BCUT2D eigenvalue weighted by Crippen LogP contribution is 2.51. The summed E-state index contributed by atoms with van der Waals surface area (Å²) in [5.41, 5.74) is 14.8. The molecule has 224 valence electrons. The van der Waals surface area contributed by atoms with Gasteiger partial charge in [0.2, 0.25) is 0 Å². The predicted octanol–water partition coefficient (Wildman–Crippen LogP) is 12.1. The summed E-state index contributed by atoms with van der Waals surface area (Å²) < 4.78 is 4.72. The van der Waals surface area contributed by atoms with Gasteiger partial charge in [0.1, 0.15) is 0 Å². The maximum Gasteiger partial charge on any atom is 0.0544 e. The quantitative estimate of drug-likeness (QED) is 0.173. The lowest BCUT2D eigenvalue weighted by Gasteiger charge is -2.21. The van der Waals surface area contributed by atoms with Crippen molar-refractivity contribution >= 4 is 49.3 Å². The standard InChI is InChI=1S/C45H34N2/c1-5-14-31(6-2)46-41-20-13-11-18-34(41)36-25-29(21-23-42(36)46)30-22-24-43-37(26-30)38-27-35-33-17-10-12-19-39(33)45(3,4)40(35)28-44(38)47(43)32-15-8-7-9-16-32/h5-28H,1-2H2,3-4H3/b31-14+. The number of hydrogen-bond donors (Lipinski definition) is 0. The molecule has 2 heteroatoms. The zero-order valence-corrected chi connectivity index (χ0v) is 26.7. The minimum absolute atomic E-state index is 0.0653. The molecule has 2 aromatic heterocycles. The smallest absolute Gasteiger partial charge is 0.0544 e. The first-order valence-corrected chi connectivity index (χ1v) is 16.3. The Morgan fingerprint density at radius 3 is 1.96 bits per heavy atom. The zero-order chi connectivity index (χ0) is 31.9. The number of benzene rings is 6. The monoisotopic (exact) mass is 602 g/mol. The molecular weight excluding hydrogens is 569 g/mol. The maximum absolute atomic E-state index is 4.10. The van der Waals surface area contributed by atoms with Crippen molar-refractivity contribution in [1.29, 1.82) is 0 Å². The highest BCUT2D eigenvalue weighted by atomic mass is 15.0. The number of rotatable bonds is 5. The van der Waals surface area contributed by atoms with E-state index in [1.165, 1.54) is 71.6 Å². The van der Waals surface area contributed by atoms with Crippen LogP contribution in [0.2, 0.25) is 0 Å². The van der Waals surface area contributed by atoms with Crippen molar-refractivity contribution in [2.24, 2.45) is 0 Å². The van der Waals surface area contributed by atoms with Crippen molar-refractivity contribution in [3.05, 3.63) is 170 Å². The molecule has 0 spiro atoms. The Bertz CT molecular complexity index is 2620. The second kappa shape index (κ2) is 10.1. The molecule has 0 saturated carbocycles. The third kappa shape index (κ3) is 3.85. The van der Waals surface area contributed by atoms with Crippen LogP contribution in [0.5, 0.6) is 0 Å². The molecule has 47 heavy (non-hydrogen) atoms. The van der Waals surface area contributed by atoms with E-state index in [-0.39, 0.29) is 5.41 Å². The Balaban J connectivity index is 1.31. The molecule has 8 aromatic rings. The zero-order valence-electron chi connectivity index (χ0n) is 26.7. The molecule has 1 aliphatic rings. The van der Waals surface area contributed by atoms with Crippen LogP contribution in [-0.2, 0) is 5.41 Å². The topological polar surface area (TPSA) is 9.86 Å². The van der Waals surface area contributed by atoms with E-state index in [0.717, 1.165) is 16.7 Å². The molecule has 9 rings (SSSR count). The van der Waals surface area contributed by atoms with Crippen LogP contribution < -0.4 is 0 Å². The molecule has 1 aliphatic carbocycles. The van der Waals surface area contributed by atoms with Crippen LogP contribution in [0, 0.1) is 0 Å². The van der Waals surface area contributed by atoms with Crippen molar-refractivity contribution in [3.63, 3.8) is 0 Å². The highest BCUT2D eigenvalue weighted by molar-refractivity contribution is 6.14. The van der Waals surface area contributed by atoms with Crippen molar-refractivity contribution < 1.29 is 0 Å². The number of nitrogens with zero attached hydrogens (tertiary/aromatic N) is 2. The summed E-state index contributed by atoms with van der Waals surface area (Å²) in [6.07, 6.45) is 5.73. The van der Waals surface area contributed by atoms with E-state index in [4.69, 9.17) is 0 Å². The normalized spacial score (nSPS) is 13.8. The van der Waals surface area contributed by atoms with Gasteiger partial charge in [0, 0.05) is 38.3 Å². The van der Waals surface area contributed by atoms with Crippen LogP contribution in [0.4, 0.5) is 0 Å². The summed E-state index contributed by atoms with van der Waals surface area (Å²) in [7, 11) is 0. The number of para-hydroxylation sites is 2. The molecule has 0 N–H and O–H groups in total. The Kier molecular flexibility index (Phi) is 5.88.